The third-order valence-electron chi connectivity index (χ3n) is 9.14. The highest BCUT2D eigenvalue weighted by molar-refractivity contribution is 5.87. The van der Waals surface area contributed by atoms with E-state index in [1.165, 1.54) is 57.8 Å². The van der Waals surface area contributed by atoms with E-state index in [-0.39, 0.29) is 11.9 Å². The number of H-pyrrole nitrogens is 1. The first-order valence-electron chi connectivity index (χ1n) is 14.4. The van der Waals surface area contributed by atoms with Crippen LogP contribution in [-0.4, -0.2) is 48.3 Å². The molecule has 0 radical (unpaired) electrons. The highest BCUT2D eigenvalue weighted by atomic mass is 16.5. The molecule has 1 unspecified atom stereocenters. The molecule has 3 fully saturated rings. The van der Waals surface area contributed by atoms with Crippen LogP contribution < -0.4 is 16.0 Å². The van der Waals surface area contributed by atoms with Crippen LogP contribution in [0.3, 0.4) is 0 Å². The zero-order valence-corrected chi connectivity index (χ0v) is 22.4. The molecule has 0 aromatic carbocycles. The van der Waals surface area contributed by atoms with Crippen molar-refractivity contribution in [2.45, 2.75) is 104 Å². The lowest BCUT2D eigenvalue weighted by Gasteiger charge is -2.33. The van der Waals surface area contributed by atoms with Crippen LogP contribution in [0.4, 0.5) is 11.8 Å². The summed E-state index contributed by atoms with van der Waals surface area (Å²) < 4.78 is 7.18. The Hall–Kier alpha value is -2.91. The summed E-state index contributed by atoms with van der Waals surface area (Å²) in [4.78, 5) is 31.7. The van der Waals surface area contributed by atoms with Crippen molar-refractivity contribution in [1.29, 1.82) is 0 Å². The zero-order chi connectivity index (χ0) is 25.5. The third-order valence-corrected chi connectivity index (χ3v) is 9.14. The van der Waals surface area contributed by atoms with Crippen molar-refractivity contribution < 1.29 is 4.52 Å². The quantitative estimate of drug-likeness (QED) is 0.438. The molecule has 6 rings (SSSR count). The molecule has 3 aliphatic rings. The number of imidazole rings is 1. The second-order valence-electron chi connectivity index (χ2n) is 11.7. The van der Waals surface area contributed by atoms with Crippen molar-refractivity contribution in [3.63, 3.8) is 0 Å². The molecule has 2 atom stereocenters. The average Bonchev–Trinajstić information content (AvgIpc) is 3.57. The molecule has 0 spiro atoms. The van der Waals surface area contributed by atoms with Gasteiger partial charge in [-0.25, -0.2) is 14.8 Å². The smallest absolute Gasteiger partial charge is 0.365 e. The molecule has 10 heteroatoms. The van der Waals surface area contributed by atoms with E-state index in [1.54, 1.807) is 0 Å². The largest absolute Gasteiger partial charge is 0.439 e. The summed E-state index contributed by atoms with van der Waals surface area (Å²) in [6.45, 7) is 8.83. The maximum Gasteiger partial charge on any atom is 0.439 e. The summed E-state index contributed by atoms with van der Waals surface area (Å²) in [6, 6.07) is 0.778. The van der Waals surface area contributed by atoms with Crippen LogP contribution in [0.5, 0.6) is 0 Å². The fraction of sp³-hybridized carbons (Fsp3) is 0.741. The van der Waals surface area contributed by atoms with Crippen LogP contribution in [0.15, 0.2) is 9.32 Å². The molecule has 0 amide bonds. The van der Waals surface area contributed by atoms with E-state index in [0.717, 1.165) is 42.7 Å². The van der Waals surface area contributed by atoms with E-state index in [9.17, 15) is 4.79 Å². The van der Waals surface area contributed by atoms with Crippen LogP contribution in [0.1, 0.15) is 85.0 Å². The average molecular weight is 509 g/mol. The number of nitrogens with zero attached hydrogens (tertiary/aromatic N) is 6. The second-order valence-corrected chi connectivity index (χ2v) is 11.7. The first-order chi connectivity index (χ1) is 18.0. The van der Waals surface area contributed by atoms with Gasteiger partial charge >= 0.3 is 5.76 Å². The van der Waals surface area contributed by atoms with Crippen molar-refractivity contribution in [3.8, 4) is 11.6 Å². The number of fused-ring (bicyclic) bond motifs is 1. The summed E-state index contributed by atoms with van der Waals surface area (Å²) in [5.74, 6) is 3.81. The molecule has 3 aromatic heterocycles. The number of rotatable bonds is 8. The lowest BCUT2D eigenvalue weighted by Crippen LogP contribution is -2.32. The fourth-order valence-electron chi connectivity index (χ4n) is 6.52. The maximum atomic E-state index is 11.7. The number of nitrogens with one attached hydrogen (secondary N) is 2. The van der Waals surface area contributed by atoms with Crippen molar-refractivity contribution in [2.75, 3.05) is 16.8 Å². The first kappa shape index (κ1) is 24.4. The predicted octanol–water partition coefficient (Wildman–Crippen LogP) is 4.98. The first-order valence-corrected chi connectivity index (χ1v) is 14.4. The normalized spacial score (nSPS) is 25.5. The third kappa shape index (κ3) is 4.75. The molecule has 1 aliphatic heterocycles. The van der Waals surface area contributed by atoms with E-state index >= 15 is 0 Å². The lowest BCUT2D eigenvalue weighted by molar-refractivity contribution is 0.266. The molecule has 37 heavy (non-hydrogen) atoms. The van der Waals surface area contributed by atoms with Gasteiger partial charge < -0.3 is 14.8 Å². The summed E-state index contributed by atoms with van der Waals surface area (Å²) >= 11 is 0. The van der Waals surface area contributed by atoms with E-state index in [0.29, 0.717) is 29.3 Å². The van der Waals surface area contributed by atoms with Gasteiger partial charge in [0, 0.05) is 25.2 Å². The molecule has 0 bridgehead atoms. The molecular weight excluding hydrogens is 468 g/mol. The van der Waals surface area contributed by atoms with Gasteiger partial charge in [-0.2, -0.15) is 4.98 Å². The Bertz CT molecular complexity index is 1280. The Morgan fingerprint density at radius 3 is 2.57 bits per heavy atom. The molecule has 1 saturated heterocycles. The van der Waals surface area contributed by atoms with Crippen LogP contribution in [0, 0.1) is 17.8 Å². The summed E-state index contributed by atoms with van der Waals surface area (Å²) in [5, 5.41) is 7.60. The molecule has 200 valence electrons. The molecule has 2 N–H and O–H groups in total. The standard InChI is InChI=1S/C27H40N8O2/c1-4-20-9-6-14-34(20)26-31-23-21(35(26)15-18-12-10-16(2)11-13-18)22(28-17(3)19-7-5-8-19)29-24(30-23)25-32-27(36)37-33-25/h16-20H,4-15H2,1-3H3,(H,28,29,30)(H,32,33,36)/t16?,17-,18?,20?/m1/s1. The number of anilines is 2. The van der Waals surface area contributed by atoms with Crippen molar-refractivity contribution in [3.05, 3.63) is 10.6 Å². The number of aromatic amines is 1. The van der Waals surface area contributed by atoms with Gasteiger partial charge in [0.1, 0.15) is 5.52 Å². The SMILES string of the molecule is CCC1CCCN1c1nc2nc(-c3noc(=O)[nH]3)nc(N[C@H](C)C3CCC3)c2n1CC1CCC(C)CC1. The van der Waals surface area contributed by atoms with E-state index in [1.807, 2.05) is 0 Å². The molecule has 4 heterocycles. The Morgan fingerprint density at radius 2 is 1.89 bits per heavy atom. The minimum atomic E-state index is -0.614. The maximum absolute atomic E-state index is 11.7. The topological polar surface area (TPSA) is 118 Å². The van der Waals surface area contributed by atoms with Crippen molar-refractivity contribution in [2.24, 2.45) is 17.8 Å². The van der Waals surface area contributed by atoms with Gasteiger partial charge in [-0.1, -0.05) is 38.3 Å². The summed E-state index contributed by atoms with van der Waals surface area (Å²) in [5.41, 5.74) is 1.62. The Labute approximate surface area is 217 Å². The second kappa shape index (κ2) is 10.1. The minimum absolute atomic E-state index is 0.233. The van der Waals surface area contributed by atoms with Crippen LogP contribution in [-0.2, 0) is 6.54 Å². The van der Waals surface area contributed by atoms with Gasteiger partial charge in [-0.3, -0.25) is 9.51 Å². The number of hydrogen-bond acceptors (Lipinski definition) is 8. The molecule has 2 aliphatic carbocycles. The summed E-state index contributed by atoms with van der Waals surface area (Å²) in [7, 11) is 0. The summed E-state index contributed by atoms with van der Waals surface area (Å²) in [6.07, 6.45) is 12.3. The Kier molecular flexibility index (Phi) is 6.67. The minimum Gasteiger partial charge on any atom is -0.365 e. The van der Waals surface area contributed by atoms with Crippen molar-refractivity contribution >= 4 is 22.9 Å². The number of hydrogen-bond donors (Lipinski definition) is 2. The van der Waals surface area contributed by atoms with Gasteiger partial charge in [0.05, 0.1) is 0 Å². The molecule has 2 saturated carbocycles. The van der Waals surface area contributed by atoms with E-state index in [2.05, 4.69) is 45.7 Å². The Balaban J connectivity index is 1.48. The van der Waals surface area contributed by atoms with Gasteiger partial charge in [-0.05, 0) is 69.6 Å². The van der Waals surface area contributed by atoms with Gasteiger partial charge in [0.25, 0.3) is 0 Å². The van der Waals surface area contributed by atoms with Gasteiger partial charge in [0.2, 0.25) is 17.6 Å². The number of aromatic nitrogens is 6. The van der Waals surface area contributed by atoms with Crippen LogP contribution >= 0.6 is 0 Å². The monoisotopic (exact) mass is 508 g/mol. The molecular formula is C27H40N8O2. The molecule has 3 aromatic rings. The Morgan fingerprint density at radius 1 is 1.08 bits per heavy atom. The van der Waals surface area contributed by atoms with Gasteiger partial charge in [0.15, 0.2) is 11.5 Å². The zero-order valence-electron chi connectivity index (χ0n) is 22.4. The van der Waals surface area contributed by atoms with Gasteiger partial charge in [-0.15, -0.1) is 0 Å². The van der Waals surface area contributed by atoms with Crippen LogP contribution in [0.2, 0.25) is 0 Å². The van der Waals surface area contributed by atoms with Crippen LogP contribution in [0.25, 0.3) is 22.8 Å². The lowest BCUT2D eigenvalue weighted by atomic mass is 9.80. The molecule has 10 nitrogen and oxygen atoms in total. The predicted molar refractivity (Wildman–Crippen MR) is 144 cm³/mol. The van der Waals surface area contributed by atoms with E-state index < -0.39 is 5.76 Å². The fourth-order valence-corrected chi connectivity index (χ4v) is 6.52. The van der Waals surface area contributed by atoms with Crippen molar-refractivity contribution in [1.82, 2.24) is 29.7 Å². The highest BCUT2D eigenvalue weighted by Gasteiger charge is 2.32. The highest BCUT2D eigenvalue weighted by Crippen LogP contribution is 2.38. The van der Waals surface area contributed by atoms with E-state index in [4.69, 9.17) is 19.5 Å².